The van der Waals surface area contributed by atoms with Gasteiger partial charge in [-0.2, -0.15) is 0 Å². The molecular weight excluding hydrogens is 276 g/mol. The van der Waals surface area contributed by atoms with Crippen LogP contribution < -0.4 is 0 Å². The number of ether oxygens (including phenoxy) is 1. The lowest BCUT2D eigenvalue weighted by Gasteiger charge is -2.25. The maximum atomic E-state index is 11.8. The van der Waals surface area contributed by atoms with Gasteiger partial charge in [-0.05, 0) is 18.0 Å². The van der Waals surface area contributed by atoms with Crippen molar-refractivity contribution in [1.29, 1.82) is 0 Å². The Bertz CT molecular complexity index is 748. The molecule has 0 atom stereocenters. The van der Waals surface area contributed by atoms with Crippen molar-refractivity contribution in [3.8, 4) is 0 Å². The first-order chi connectivity index (χ1) is 9.56. The van der Waals surface area contributed by atoms with E-state index in [-0.39, 0.29) is 11.5 Å². The molecule has 2 aromatic rings. The van der Waals surface area contributed by atoms with Crippen LogP contribution in [-0.4, -0.2) is 34.1 Å². The number of carbonyl (C=O) groups excluding carboxylic acids is 1. The molecule has 0 unspecified atom stereocenters. The van der Waals surface area contributed by atoms with E-state index >= 15 is 0 Å². The predicted octanol–water partition coefficient (Wildman–Crippen LogP) is 2.53. The van der Waals surface area contributed by atoms with Gasteiger partial charge in [-0.3, -0.25) is 0 Å². The second-order valence-corrected chi connectivity index (χ2v) is 5.67. The fraction of sp³-hybridized carbons (Fsp3) is 0.214. The van der Waals surface area contributed by atoms with Crippen LogP contribution in [0.3, 0.4) is 0 Å². The number of fused-ring (bicyclic) bond motifs is 3. The number of aromatic nitrogens is 1. The van der Waals surface area contributed by atoms with Crippen LogP contribution in [0, 0.1) is 0 Å². The van der Waals surface area contributed by atoms with E-state index in [0.717, 1.165) is 15.8 Å². The first-order valence-corrected chi connectivity index (χ1v) is 6.84. The Morgan fingerprint density at radius 3 is 2.70 bits per heavy atom. The summed E-state index contributed by atoms with van der Waals surface area (Å²) in [5.74, 6) is -0.597. The number of aliphatic hydroxyl groups excluding tert-OH is 1. The van der Waals surface area contributed by atoms with Gasteiger partial charge in [0, 0.05) is 25.0 Å². The molecule has 0 fully saturated rings. The Morgan fingerprint density at radius 1 is 1.30 bits per heavy atom. The monoisotopic (exact) mass is 290 g/mol. The van der Waals surface area contributed by atoms with E-state index in [1.54, 1.807) is 11.4 Å². The minimum atomic E-state index is -0.548. The Morgan fingerprint density at radius 2 is 2.00 bits per heavy atom. The van der Waals surface area contributed by atoms with Crippen molar-refractivity contribution in [2.75, 3.05) is 14.2 Å². The maximum Gasteiger partial charge on any atom is 0.359 e. The molecule has 1 aromatic heterocycles. The molecule has 20 heavy (non-hydrogen) atoms. The molecule has 2 heterocycles. The summed E-state index contributed by atoms with van der Waals surface area (Å²) >= 11 is 1.41. The van der Waals surface area contributed by atoms with Gasteiger partial charge in [0.2, 0.25) is 0 Å². The Labute approximate surface area is 120 Å². The van der Waals surface area contributed by atoms with E-state index in [9.17, 15) is 9.90 Å². The van der Waals surface area contributed by atoms with Gasteiger partial charge in [0.15, 0.2) is 11.5 Å². The average molecular weight is 290 g/mol. The van der Waals surface area contributed by atoms with Crippen LogP contribution in [0.5, 0.6) is 0 Å². The number of likely N-dealkylation sites (N-methyl/N-ethyl adjacent to an activating group) is 1. The normalized spacial score (nSPS) is 14.7. The van der Waals surface area contributed by atoms with E-state index in [4.69, 9.17) is 4.74 Å². The number of rotatable bonds is 1. The Kier molecular flexibility index (Phi) is 2.90. The zero-order valence-corrected chi connectivity index (χ0v) is 12.2. The standard InChI is InChI=1S/C14H14N2O3S/c1-15-9-7-5-4-6-8(9)13-10(15)12(17)11(14(18)19-3)16(2)20-13/h4-7,17H,1-3H3. The van der Waals surface area contributed by atoms with Gasteiger partial charge in [-0.25, -0.2) is 4.79 Å². The fourth-order valence-corrected chi connectivity index (χ4v) is 3.60. The molecule has 0 saturated carbocycles. The highest BCUT2D eigenvalue weighted by molar-refractivity contribution is 7.97. The van der Waals surface area contributed by atoms with E-state index in [1.807, 2.05) is 35.9 Å². The van der Waals surface area contributed by atoms with Crippen molar-refractivity contribution >= 4 is 34.6 Å². The van der Waals surface area contributed by atoms with Crippen LogP contribution >= 0.6 is 11.9 Å². The van der Waals surface area contributed by atoms with E-state index in [1.165, 1.54) is 19.1 Å². The topological polar surface area (TPSA) is 54.7 Å². The summed E-state index contributed by atoms with van der Waals surface area (Å²) in [5.41, 5.74) is 1.82. The van der Waals surface area contributed by atoms with E-state index in [2.05, 4.69) is 0 Å². The smallest absolute Gasteiger partial charge is 0.359 e. The average Bonchev–Trinajstić information content (AvgIpc) is 2.72. The van der Waals surface area contributed by atoms with E-state index < -0.39 is 5.97 Å². The lowest BCUT2D eigenvalue weighted by atomic mass is 10.2. The number of para-hydroxylation sites is 1. The van der Waals surface area contributed by atoms with Gasteiger partial charge in [0.1, 0.15) is 5.69 Å². The molecule has 1 aliphatic heterocycles. The summed E-state index contributed by atoms with van der Waals surface area (Å²) in [6, 6.07) is 7.90. The third-order valence-electron chi connectivity index (χ3n) is 3.43. The van der Waals surface area contributed by atoms with Crippen LogP contribution in [0.2, 0.25) is 0 Å². The minimum Gasteiger partial charge on any atom is -0.504 e. The van der Waals surface area contributed by atoms with Gasteiger partial charge in [-0.1, -0.05) is 18.2 Å². The number of aliphatic hydroxyl groups is 1. The molecule has 5 nitrogen and oxygen atoms in total. The molecule has 0 spiro atoms. The highest BCUT2D eigenvalue weighted by Gasteiger charge is 2.33. The number of hydrogen-bond acceptors (Lipinski definition) is 5. The van der Waals surface area contributed by atoms with Crippen LogP contribution in [0.25, 0.3) is 16.7 Å². The highest BCUT2D eigenvalue weighted by atomic mass is 32.2. The summed E-state index contributed by atoms with van der Waals surface area (Å²) in [4.78, 5) is 12.8. The first-order valence-electron chi connectivity index (χ1n) is 6.07. The Balaban J connectivity index is 2.34. The zero-order valence-electron chi connectivity index (χ0n) is 11.4. The molecule has 104 valence electrons. The number of carbonyl (C=O) groups is 1. The lowest BCUT2D eigenvalue weighted by molar-refractivity contribution is -0.137. The van der Waals surface area contributed by atoms with Crippen molar-refractivity contribution in [2.45, 2.75) is 4.90 Å². The fourth-order valence-electron chi connectivity index (χ4n) is 2.48. The third kappa shape index (κ3) is 1.61. The van der Waals surface area contributed by atoms with Crippen molar-refractivity contribution in [3.63, 3.8) is 0 Å². The number of hydrogen-bond donors (Lipinski definition) is 1. The summed E-state index contributed by atoms with van der Waals surface area (Å²) in [7, 11) is 4.91. The van der Waals surface area contributed by atoms with Gasteiger partial charge in [-0.15, -0.1) is 0 Å². The summed E-state index contributed by atoms with van der Waals surface area (Å²) in [5, 5.41) is 11.5. The van der Waals surface area contributed by atoms with Crippen molar-refractivity contribution in [1.82, 2.24) is 8.87 Å². The van der Waals surface area contributed by atoms with Crippen molar-refractivity contribution < 1.29 is 14.6 Å². The molecular formula is C14H14N2O3S. The molecule has 1 N–H and O–H groups in total. The molecule has 1 aliphatic rings. The second kappa shape index (κ2) is 4.49. The lowest BCUT2D eigenvalue weighted by Crippen LogP contribution is -2.24. The number of esters is 1. The molecule has 3 rings (SSSR count). The summed E-state index contributed by atoms with van der Waals surface area (Å²) in [6.07, 6.45) is 0. The quantitative estimate of drug-likeness (QED) is 0.646. The Hall–Kier alpha value is -2.08. The van der Waals surface area contributed by atoms with Crippen molar-refractivity contribution in [2.24, 2.45) is 7.05 Å². The van der Waals surface area contributed by atoms with Gasteiger partial charge >= 0.3 is 5.97 Å². The zero-order chi connectivity index (χ0) is 14.4. The number of methoxy groups -OCH3 is 1. The molecule has 1 aromatic carbocycles. The molecule has 0 amide bonds. The molecule has 0 aliphatic carbocycles. The number of nitrogens with zero attached hydrogens (tertiary/aromatic N) is 2. The number of aryl methyl sites for hydroxylation is 1. The van der Waals surface area contributed by atoms with Crippen LogP contribution in [-0.2, 0) is 16.6 Å². The SMILES string of the molecule is COC(=O)C1=C(O)c2c(c3ccccc3n2C)SN1C. The number of benzene rings is 1. The molecule has 0 saturated heterocycles. The van der Waals surface area contributed by atoms with Crippen LogP contribution in [0.1, 0.15) is 5.69 Å². The maximum absolute atomic E-state index is 11.8. The van der Waals surface area contributed by atoms with Crippen LogP contribution in [0.4, 0.5) is 0 Å². The summed E-state index contributed by atoms with van der Waals surface area (Å²) in [6.45, 7) is 0. The third-order valence-corrected chi connectivity index (χ3v) is 4.48. The van der Waals surface area contributed by atoms with Crippen molar-refractivity contribution in [3.05, 3.63) is 35.7 Å². The van der Waals surface area contributed by atoms with E-state index in [0.29, 0.717) is 5.69 Å². The van der Waals surface area contributed by atoms with Gasteiger partial charge in [0.25, 0.3) is 0 Å². The molecule has 0 radical (unpaired) electrons. The first kappa shape index (κ1) is 12.9. The predicted molar refractivity (Wildman–Crippen MR) is 78.1 cm³/mol. The summed E-state index contributed by atoms with van der Waals surface area (Å²) < 4.78 is 8.27. The highest BCUT2D eigenvalue weighted by Crippen LogP contribution is 2.44. The second-order valence-electron chi connectivity index (χ2n) is 4.53. The minimum absolute atomic E-state index is 0.0493. The molecule has 0 bridgehead atoms. The van der Waals surface area contributed by atoms with Gasteiger partial charge < -0.3 is 18.7 Å². The molecule has 6 heteroatoms. The van der Waals surface area contributed by atoms with Gasteiger partial charge in [0.05, 0.1) is 12.0 Å². The van der Waals surface area contributed by atoms with Crippen LogP contribution in [0.15, 0.2) is 34.9 Å². The largest absolute Gasteiger partial charge is 0.504 e.